The predicted octanol–water partition coefficient (Wildman–Crippen LogP) is 2.07. The molecule has 16 heavy (non-hydrogen) atoms. The van der Waals surface area contributed by atoms with Crippen LogP contribution < -0.4 is 10.6 Å². The maximum atomic E-state index is 11.8. The summed E-state index contributed by atoms with van der Waals surface area (Å²) in [6, 6.07) is 0.922. The second kappa shape index (κ2) is 6.89. The summed E-state index contributed by atoms with van der Waals surface area (Å²) in [6.45, 7) is 7.53. The highest BCUT2D eigenvalue weighted by atomic mass is 16.1. The molecule has 0 aromatic carbocycles. The van der Waals surface area contributed by atoms with Crippen LogP contribution in [0.5, 0.6) is 0 Å². The molecule has 0 bridgehead atoms. The number of carbonyl (C=O) groups is 1. The van der Waals surface area contributed by atoms with Gasteiger partial charge in [0.05, 0.1) is 0 Å². The van der Waals surface area contributed by atoms with Gasteiger partial charge >= 0.3 is 0 Å². The molecule has 3 heteroatoms. The van der Waals surface area contributed by atoms with Crippen molar-refractivity contribution in [1.82, 2.24) is 10.6 Å². The van der Waals surface area contributed by atoms with E-state index >= 15 is 0 Å². The average molecular weight is 226 g/mol. The highest BCUT2D eigenvalue weighted by Crippen LogP contribution is 2.13. The summed E-state index contributed by atoms with van der Waals surface area (Å²) in [5.74, 6) is 0.798. The molecule has 1 amide bonds. The maximum Gasteiger partial charge on any atom is 0.220 e. The average Bonchev–Trinajstić information content (AvgIpc) is 2.26. The predicted molar refractivity (Wildman–Crippen MR) is 67.3 cm³/mol. The molecule has 1 rings (SSSR count). The van der Waals surface area contributed by atoms with Gasteiger partial charge in [-0.1, -0.05) is 26.7 Å². The molecule has 2 atom stereocenters. The largest absolute Gasteiger partial charge is 0.353 e. The molecule has 3 nitrogen and oxygen atoms in total. The first-order valence-corrected chi connectivity index (χ1v) is 6.68. The van der Waals surface area contributed by atoms with Crippen LogP contribution in [0.15, 0.2) is 0 Å². The number of hydrogen-bond acceptors (Lipinski definition) is 2. The molecule has 0 aromatic rings. The third-order valence-electron chi connectivity index (χ3n) is 3.62. The highest BCUT2D eigenvalue weighted by Gasteiger charge is 2.20. The van der Waals surface area contributed by atoms with Crippen molar-refractivity contribution in [1.29, 1.82) is 0 Å². The Labute approximate surface area is 99.4 Å². The van der Waals surface area contributed by atoms with Crippen molar-refractivity contribution in [3.05, 3.63) is 0 Å². The maximum absolute atomic E-state index is 11.8. The van der Waals surface area contributed by atoms with Crippen LogP contribution in [0.3, 0.4) is 0 Å². The Morgan fingerprint density at radius 3 is 2.69 bits per heavy atom. The lowest BCUT2D eigenvalue weighted by atomic mass is 9.97. The third kappa shape index (κ3) is 4.52. The van der Waals surface area contributed by atoms with E-state index in [0.717, 1.165) is 32.2 Å². The molecule has 1 aliphatic heterocycles. The van der Waals surface area contributed by atoms with E-state index in [2.05, 4.69) is 31.4 Å². The Bertz CT molecular complexity index is 214. The van der Waals surface area contributed by atoms with Crippen LogP contribution in [-0.4, -0.2) is 24.5 Å². The molecule has 0 aromatic heterocycles. The number of rotatable bonds is 5. The molecule has 94 valence electrons. The summed E-state index contributed by atoms with van der Waals surface area (Å²) in [4.78, 5) is 11.8. The first-order valence-electron chi connectivity index (χ1n) is 6.68. The van der Waals surface area contributed by atoms with Gasteiger partial charge in [0.1, 0.15) is 0 Å². The van der Waals surface area contributed by atoms with Crippen LogP contribution in [0.2, 0.25) is 0 Å². The topological polar surface area (TPSA) is 41.1 Å². The van der Waals surface area contributed by atoms with Crippen LogP contribution in [0, 0.1) is 5.92 Å². The molecule has 0 radical (unpaired) electrons. The van der Waals surface area contributed by atoms with Crippen molar-refractivity contribution in [2.24, 2.45) is 5.92 Å². The van der Waals surface area contributed by atoms with E-state index < -0.39 is 0 Å². The summed E-state index contributed by atoms with van der Waals surface area (Å²) in [7, 11) is 0. The Balaban J connectivity index is 2.27. The number of amides is 1. The Hall–Kier alpha value is -0.570. The fourth-order valence-electron chi connectivity index (χ4n) is 2.39. The standard InChI is InChI=1S/C13H26N2O/c1-4-11(5-2)9-13(16)15-12-6-7-14-10(3)8-12/h10-12,14H,4-9H2,1-3H3,(H,15,16). The van der Waals surface area contributed by atoms with Crippen molar-refractivity contribution >= 4 is 5.91 Å². The lowest BCUT2D eigenvalue weighted by molar-refractivity contribution is -0.123. The minimum absolute atomic E-state index is 0.243. The zero-order chi connectivity index (χ0) is 12.0. The Morgan fingerprint density at radius 1 is 1.44 bits per heavy atom. The number of nitrogens with one attached hydrogen (secondary N) is 2. The zero-order valence-electron chi connectivity index (χ0n) is 10.9. The molecule has 2 N–H and O–H groups in total. The summed E-state index contributed by atoms with van der Waals surface area (Å²) in [5.41, 5.74) is 0. The van der Waals surface area contributed by atoms with Gasteiger partial charge in [0, 0.05) is 18.5 Å². The summed E-state index contributed by atoms with van der Waals surface area (Å²) < 4.78 is 0. The van der Waals surface area contributed by atoms with E-state index in [-0.39, 0.29) is 5.91 Å². The molecule has 0 spiro atoms. The highest BCUT2D eigenvalue weighted by molar-refractivity contribution is 5.76. The first-order chi connectivity index (χ1) is 7.65. The molecule has 1 heterocycles. The van der Waals surface area contributed by atoms with Gasteiger partial charge in [0.15, 0.2) is 0 Å². The fourth-order valence-corrected chi connectivity index (χ4v) is 2.39. The van der Waals surface area contributed by atoms with E-state index in [1.165, 1.54) is 0 Å². The first kappa shape index (κ1) is 13.5. The van der Waals surface area contributed by atoms with Gasteiger partial charge in [-0.25, -0.2) is 0 Å². The van der Waals surface area contributed by atoms with Crippen LogP contribution >= 0.6 is 0 Å². The summed E-state index contributed by atoms with van der Waals surface area (Å²) in [5, 5.41) is 6.57. The van der Waals surface area contributed by atoms with E-state index in [1.807, 2.05) is 0 Å². The SMILES string of the molecule is CCC(CC)CC(=O)NC1CCNC(C)C1. The molecule has 1 saturated heterocycles. The van der Waals surface area contributed by atoms with Gasteiger partial charge in [0.2, 0.25) is 5.91 Å². The van der Waals surface area contributed by atoms with Gasteiger partial charge in [-0.2, -0.15) is 0 Å². The van der Waals surface area contributed by atoms with Crippen LogP contribution in [-0.2, 0) is 4.79 Å². The van der Waals surface area contributed by atoms with Crippen molar-refractivity contribution in [2.45, 2.75) is 65.0 Å². The molecule has 0 saturated carbocycles. The number of hydrogen-bond donors (Lipinski definition) is 2. The van der Waals surface area contributed by atoms with Crippen molar-refractivity contribution in [3.63, 3.8) is 0 Å². The Morgan fingerprint density at radius 2 is 2.12 bits per heavy atom. The van der Waals surface area contributed by atoms with E-state index in [1.54, 1.807) is 0 Å². The molecular weight excluding hydrogens is 200 g/mol. The smallest absolute Gasteiger partial charge is 0.220 e. The van der Waals surface area contributed by atoms with Crippen molar-refractivity contribution in [3.8, 4) is 0 Å². The quantitative estimate of drug-likeness (QED) is 0.753. The van der Waals surface area contributed by atoms with Gasteiger partial charge in [-0.3, -0.25) is 4.79 Å². The zero-order valence-corrected chi connectivity index (χ0v) is 10.9. The van der Waals surface area contributed by atoms with E-state index in [4.69, 9.17) is 0 Å². The van der Waals surface area contributed by atoms with E-state index in [0.29, 0.717) is 24.4 Å². The van der Waals surface area contributed by atoms with Crippen LogP contribution in [0.25, 0.3) is 0 Å². The molecule has 0 aliphatic carbocycles. The molecule has 1 fully saturated rings. The van der Waals surface area contributed by atoms with Crippen LogP contribution in [0.4, 0.5) is 0 Å². The second-order valence-electron chi connectivity index (χ2n) is 5.03. The van der Waals surface area contributed by atoms with Gasteiger partial charge < -0.3 is 10.6 Å². The minimum Gasteiger partial charge on any atom is -0.353 e. The lowest BCUT2D eigenvalue weighted by Crippen LogP contribution is -2.46. The van der Waals surface area contributed by atoms with Crippen LogP contribution in [0.1, 0.15) is 52.9 Å². The minimum atomic E-state index is 0.243. The third-order valence-corrected chi connectivity index (χ3v) is 3.62. The number of piperidine rings is 1. The summed E-state index contributed by atoms with van der Waals surface area (Å²) >= 11 is 0. The van der Waals surface area contributed by atoms with Gasteiger partial charge in [0.25, 0.3) is 0 Å². The molecular formula is C13H26N2O. The Kier molecular flexibility index (Phi) is 5.81. The molecule has 2 unspecified atom stereocenters. The monoisotopic (exact) mass is 226 g/mol. The van der Waals surface area contributed by atoms with Gasteiger partial charge in [-0.15, -0.1) is 0 Å². The van der Waals surface area contributed by atoms with Crippen molar-refractivity contribution in [2.75, 3.05) is 6.54 Å². The molecule has 1 aliphatic rings. The normalized spacial score (nSPS) is 25.8. The second-order valence-corrected chi connectivity index (χ2v) is 5.03. The summed E-state index contributed by atoms with van der Waals surface area (Å²) in [6.07, 6.45) is 5.04. The van der Waals surface area contributed by atoms with Crippen molar-refractivity contribution < 1.29 is 4.79 Å². The van der Waals surface area contributed by atoms with E-state index in [9.17, 15) is 4.79 Å². The number of carbonyl (C=O) groups excluding carboxylic acids is 1. The fraction of sp³-hybridized carbons (Fsp3) is 0.923. The van der Waals surface area contributed by atoms with Gasteiger partial charge in [-0.05, 0) is 32.2 Å². The lowest BCUT2D eigenvalue weighted by Gasteiger charge is -2.29.